The Morgan fingerprint density at radius 2 is 1.54 bits per heavy atom. The lowest BCUT2D eigenvalue weighted by Crippen LogP contribution is -2.44. The van der Waals surface area contributed by atoms with E-state index in [0.29, 0.717) is 28.7 Å². The highest BCUT2D eigenvalue weighted by Crippen LogP contribution is 2.41. The van der Waals surface area contributed by atoms with E-state index in [4.69, 9.17) is 0 Å². The third kappa shape index (κ3) is 3.38. The maximum Gasteiger partial charge on any atom is 0.190 e. The number of hydrogen-bond acceptors (Lipinski definition) is 5. The highest BCUT2D eigenvalue weighted by atomic mass is 16.1. The minimum Gasteiger partial charge on any atom is -0.304 e. The van der Waals surface area contributed by atoms with Crippen molar-refractivity contribution in [2.45, 2.75) is 26.2 Å². The van der Waals surface area contributed by atoms with Crippen LogP contribution in [0.2, 0.25) is 0 Å². The molecule has 1 heterocycles. The Bertz CT molecular complexity index is 849. The summed E-state index contributed by atoms with van der Waals surface area (Å²) in [7, 11) is 2.14. The third-order valence-electron chi connectivity index (χ3n) is 6.59. The van der Waals surface area contributed by atoms with Crippen LogP contribution >= 0.6 is 0 Å². The Balaban J connectivity index is 1.54. The molecule has 0 N–H and O–H groups in total. The van der Waals surface area contributed by atoms with Crippen LogP contribution in [0.3, 0.4) is 0 Å². The van der Waals surface area contributed by atoms with Crippen LogP contribution in [-0.2, 0) is 4.79 Å². The van der Waals surface area contributed by atoms with Crippen molar-refractivity contribution >= 4 is 17.3 Å². The molecule has 2 atom stereocenters. The molecule has 1 fully saturated rings. The number of carbonyl (C=O) groups excluding carboxylic acids is 3. The summed E-state index contributed by atoms with van der Waals surface area (Å²) in [4.78, 5) is 43.7. The second-order valence-electron chi connectivity index (χ2n) is 8.41. The van der Waals surface area contributed by atoms with Gasteiger partial charge in [0.05, 0.1) is 0 Å². The van der Waals surface area contributed by atoms with Gasteiger partial charge < -0.3 is 9.80 Å². The normalized spacial score (nSPS) is 26.4. The average molecular weight is 380 g/mol. The van der Waals surface area contributed by atoms with Gasteiger partial charge in [0.15, 0.2) is 11.6 Å². The van der Waals surface area contributed by atoms with Crippen LogP contribution in [-0.4, -0.2) is 66.9 Å². The Hall–Kier alpha value is -2.11. The number of nitrogens with zero attached hydrogens (tertiary/aromatic N) is 2. The van der Waals surface area contributed by atoms with Gasteiger partial charge in [-0.15, -0.1) is 0 Å². The van der Waals surface area contributed by atoms with Crippen LogP contribution < -0.4 is 0 Å². The van der Waals surface area contributed by atoms with E-state index in [-0.39, 0.29) is 23.3 Å². The van der Waals surface area contributed by atoms with Gasteiger partial charge in [0.25, 0.3) is 0 Å². The Morgan fingerprint density at radius 1 is 0.929 bits per heavy atom. The molecule has 3 aliphatic rings. The lowest BCUT2D eigenvalue weighted by molar-refractivity contribution is -0.122. The van der Waals surface area contributed by atoms with Crippen molar-refractivity contribution in [3.63, 3.8) is 0 Å². The summed E-state index contributed by atoms with van der Waals surface area (Å²) in [5.41, 5.74) is 2.03. The number of likely N-dealkylation sites (N-methyl/N-ethyl adjacent to an activating group) is 1. The van der Waals surface area contributed by atoms with Gasteiger partial charge in [-0.2, -0.15) is 0 Å². The van der Waals surface area contributed by atoms with Crippen molar-refractivity contribution in [2.75, 3.05) is 39.8 Å². The lowest BCUT2D eigenvalue weighted by atomic mass is 9.67. The fourth-order valence-corrected chi connectivity index (χ4v) is 4.81. The Morgan fingerprint density at radius 3 is 2.18 bits per heavy atom. The first-order valence-electron chi connectivity index (χ1n) is 10.3. The highest BCUT2D eigenvalue weighted by molar-refractivity contribution is 6.29. The summed E-state index contributed by atoms with van der Waals surface area (Å²) < 4.78 is 0. The van der Waals surface area contributed by atoms with E-state index < -0.39 is 5.92 Å². The lowest BCUT2D eigenvalue weighted by Gasteiger charge is -2.35. The van der Waals surface area contributed by atoms with Gasteiger partial charge in [-0.1, -0.05) is 31.2 Å². The zero-order valence-electron chi connectivity index (χ0n) is 16.7. The molecule has 4 rings (SSSR count). The summed E-state index contributed by atoms with van der Waals surface area (Å²) in [6, 6.07) is 7.02. The molecular weight excluding hydrogens is 352 g/mol. The standard InChI is InChI=1S/C23H28N2O3/c1-15-19(26)14-16(6-5-9-25-12-10-24(2)11-13-25)21-20(15)22(27)17-7-3-4-8-18(17)23(21)28/h3-4,7-8,15-16H,5-6,9-14H2,1-2H3. The SMILES string of the molecule is CC1C(=O)CC(CCCN2CCN(C)CC2)C2=C1C(=O)c1ccccc1C2=O. The summed E-state index contributed by atoms with van der Waals surface area (Å²) in [5.74, 6) is -0.697. The van der Waals surface area contributed by atoms with Gasteiger partial charge in [0.1, 0.15) is 5.78 Å². The number of piperazine rings is 1. The number of hydrogen-bond donors (Lipinski definition) is 0. The maximum atomic E-state index is 13.2. The number of Topliss-reactive ketones (excluding diaryl/α,β-unsaturated/α-hetero) is 3. The summed E-state index contributed by atoms with van der Waals surface area (Å²) in [5, 5.41) is 0. The first-order chi connectivity index (χ1) is 13.5. The molecule has 0 aromatic heterocycles. The Labute approximate surface area is 166 Å². The molecule has 0 spiro atoms. The molecule has 28 heavy (non-hydrogen) atoms. The molecule has 0 saturated carbocycles. The molecule has 1 aromatic rings. The molecule has 1 aromatic carbocycles. The number of rotatable bonds is 4. The largest absolute Gasteiger partial charge is 0.304 e. The van der Waals surface area contributed by atoms with Crippen molar-refractivity contribution in [3.8, 4) is 0 Å². The maximum absolute atomic E-state index is 13.2. The molecule has 1 aliphatic heterocycles. The molecular formula is C23H28N2O3. The zero-order chi connectivity index (χ0) is 19.8. The van der Waals surface area contributed by atoms with Crippen LogP contribution in [0.5, 0.6) is 0 Å². The number of fused-ring (bicyclic) bond motifs is 1. The van der Waals surface area contributed by atoms with Crippen molar-refractivity contribution < 1.29 is 14.4 Å². The average Bonchev–Trinajstić information content (AvgIpc) is 2.70. The predicted octanol–water partition coefficient (Wildman–Crippen LogP) is 2.61. The minimum absolute atomic E-state index is 0.0471. The van der Waals surface area contributed by atoms with Crippen LogP contribution in [0.1, 0.15) is 46.9 Å². The summed E-state index contributed by atoms with van der Waals surface area (Å²) in [6.07, 6.45) is 2.10. The molecule has 2 unspecified atom stereocenters. The van der Waals surface area contributed by atoms with E-state index in [1.807, 2.05) is 0 Å². The number of benzene rings is 1. The first kappa shape index (κ1) is 19.2. The third-order valence-corrected chi connectivity index (χ3v) is 6.59. The first-order valence-corrected chi connectivity index (χ1v) is 10.3. The van der Waals surface area contributed by atoms with Crippen molar-refractivity contribution in [2.24, 2.45) is 11.8 Å². The topological polar surface area (TPSA) is 57.7 Å². The zero-order valence-corrected chi connectivity index (χ0v) is 16.7. The summed E-state index contributed by atoms with van der Waals surface area (Å²) >= 11 is 0. The van der Waals surface area contributed by atoms with Gasteiger partial charge >= 0.3 is 0 Å². The van der Waals surface area contributed by atoms with Crippen LogP contribution in [0, 0.1) is 11.8 Å². The monoisotopic (exact) mass is 380 g/mol. The van der Waals surface area contributed by atoms with E-state index in [9.17, 15) is 14.4 Å². The number of allylic oxidation sites excluding steroid dienone is 2. The van der Waals surface area contributed by atoms with Gasteiger partial charge in [0.2, 0.25) is 0 Å². The van der Waals surface area contributed by atoms with Crippen LogP contribution in [0.4, 0.5) is 0 Å². The molecule has 2 aliphatic carbocycles. The predicted molar refractivity (Wildman–Crippen MR) is 108 cm³/mol. The second-order valence-corrected chi connectivity index (χ2v) is 8.41. The number of ketones is 3. The van der Waals surface area contributed by atoms with E-state index in [1.165, 1.54) is 0 Å². The Kier molecular flexibility index (Phi) is 5.30. The van der Waals surface area contributed by atoms with Crippen LogP contribution in [0.25, 0.3) is 0 Å². The molecule has 5 nitrogen and oxygen atoms in total. The van der Waals surface area contributed by atoms with Crippen molar-refractivity contribution in [3.05, 3.63) is 46.5 Å². The van der Waals surface area contributed by atoms with Crippen LogP contribution in [0.15, 0.2) is 35.4 Å². The second kappa shape index (κ2) is 7.72. The quantitative estimate of drug-likeness (QED) is 0.804. The molecule has 0 radical (unpaired) electrons. The van der Waals surface area contributed by atoms with Crippen molar-refractivity contribution in [1.82, 2.24) is 9.80 Å². The number of carbonyl (C=O) groups is 3. The molecule has 5 heteroatoms. The molecule has 0 bridgehead atoms. The highest BCUT2D eigenvalue weighted by Gasteiger charge is 2.43. The fourth-order valence-electron chi connectivity index (χ4n) is 4.81. The molecule has 148 valence electrons. The molecule has 1 saturated heterocycles. The van der Waals surface area contributed by atoms with E-state index in [1.54, 1.807) is 31.2 Å². The smallest absolute Gasteiger partial charge is 0.190 e. The van der Waals surface area contributed by atoms with Gasteiger partial charge in [0, 0.05) is 60.8 Å². The van der Waals surface area contributed by atoms with Gasteiger partial charge in [-0.25, -0.2) is 0 Å². The fraction of sp³-hybridized carbons (Fsp3) is 0.522. The summed E-state index contributed by atoms with van der Waals surface area (Å²) in [6.45, 7) is 7.05. The van der Waals surface area contributed by atoms with E-state index in [0.717, 1.165) is 45.6 Å². The van der Waals surface area contributed by atoms with Crippen molar-refractivity contribution in [1.29, 1.82) is 0 Å². The van der Waals surface area contributed by atoms with E-state index in [2.05, 4.69) is 16.8 Å². The van der Waals surface area contributed by atoms with E-state index >= 15 is 0 Å². The van der Waals surface area contributed by atoms with Gasteiger partial charge in [-0.3, -0.25) is 14.4 Å². The minimum atomic E-state index is -0.478. The molecule has 0 amide bonds. The van der Waals surface area contributed by atoms with Gasteiger partial charge in [-0.05, 0) is 32.4 Å².